The van der Waals surface area contributed by atoms with Gasteiger partial charge >= 0.3 is 6.18 Å². The van der Waals surface area contributed by atoms with Crippen LogP contribution in [0.15, 0.2) is 54.1 Å². The van der Waals surface area contributed by atoms with E-state index in [1.54, 1.807) is 0 Å². The van der Waals surface area contributed by atoms with Crippen molar-refractivity contribution in [1.29, 1.82) is 0 Å². The van der Waals surface area contributed by atoms with Gasteiger partial charge in [0.05, 0.1) is 12.2 Å². The topological polar surface area (TPSA) is 9.23 Å². The van der Waals surface area contributed by atoms with Gasteiger partial charge in [0, 0.05) is 22.4 Å². The minimum atomic E-state index is -4.33. The fourth-order valence-electron chi connectivity index (χ4n) is 2.71. The molecule has 0 bridgehead atoms. The smallest absolute Gasteiger partial charge is 0.416 e. The van der Waals surface area contributed by atoms with Crippen LogP contribution in [-0.2, 0) is 10.9 Å². The molecule has 0 heterocycles. The summed E-state index contributed by atoms with van der Waals surface area (Å²) in [6.07, 6.45) is -1.00. The average molecular weight is 388 g/mol. The zero-order valence-electron chi connectivity index (χ0n) is 14.6. The molecule has 0 saturated heterocycles. The Morgan fingerprint density at radius 1 is 0.926 bits per heavy atom. The SMILES string of the molecule is FC(F)(F)c1ccc(C#Cc2ccc(C(OCCS)=C3CCC3)cc2)cc1. The maximum atomic E-state index is 12.6. The summed E-state index contributed by atoms with van der Waals surface area (Å²) >= 11 is 4.20. The van der Waals surface area contributed by atoms with E-state index in [1.165, 1.54) is 24.1 Å². The molecule has 0 spiro atoms. The number of hydrogen-bond acceptors (Lipinski definition) is 2. The van der Waals surface area contributed by atoms with Crippen LogP contribution in [0.2, 0.25) is 0 Å². The first-order valence-electron chi connectivity index (χ1n) is 8.73. The van der Waals surface area contributed by atoms with Crippen LogP contribution < -0.4 is 0 Å². The van der Waals surface area contributed by atoms with Gasteiger partial charge in [-0.05, 0) is 61.2 Å². The van der Waals surface area contributed by atoms with E-state index in [0.717, 1.165) is 41.9 Å². The number of halogens is 3. The lowest BCUT2D eigenvalue weighted by atomic mass is 9.89. The molecule has 0 atom stereocenters. The van der Waals surface area contributed by atoms with E-state index in [0.29, 0.717) is 17.9 Å². The number of thiol groups is 1. The van der Waals surface area contributed by atoms with Gasteiger partial charge < -0.3 is 4.74 Å². The molecule has 1 saturated carbocycles. The molecular formula is C22H19F3OS. The molecule has 0 N–H and O–H groups in total. The van der Waals surface area contributed by atoms with Crippen LogP contribution in [0.1, 0.15) is 41.5 Å². The van der Waals surface area contributed by atoms with Crippen molar-refractivity contribution >= 4 is 18.4 Å². The summed E-state index contributed by atoms with van der Waals surface area (Å²) < 4.78 is 43.6. The Kier molecular flexibility index (Phi) is 6.18. The fourth-order valence-corrected chi connectivity index (χ4v) is 2.80. The summed E-state index contributed by atoms with van der Waals surface area (Å²) in [7, 11) is 0. The van der Waals surface area contributed by atoms with Crippen molar-refractivity contribution < 1.29 is 17.9 Å². The Labute approximate surface area is 162 Å². The van der Waals surface area contributed by atoms with Crippen LogP contribution in [0.4, 0.5) is 13.2 Å². The van der Waals surface area contributed by atoms with Gasteiger partial charge in [-0.15, -0.1) is 0 Å². The third-order valence-electron chi connectivity index (χ3n) is 4.33. The van der Waals surface area contributed by atoms with Gasteiger partial charge in [0.2, 0.25) is 0 Å². The molecule has 5 heteroatoms. The predicted octanol–water partition coefficient (Wildman–Crippen LogP) is 5.95. The van der Waals surface area contributed by atoms with Crippen LogP contribution in [0.5, 0.6) is 0 Å². The number of ether oxygens (including phenoxy) is 1. The number of benzene rings is 2. The molecule has 0 aliphatic heterocycles. The lowest BCUT2D eigenvalue weighted by Crippen LogP contribution is -2.06. The fraction of sp³-hybridized carbons (Fsp3) is 0.273. The minimum Gasteiger partial charge on any atom is -0.492 e. The Bertz CT molecular complexity index is 863. The normalized spacial score (nSPS) is 13.4. The first kappa shape index (κ1) is 19.4. The van der Waals surface area contributed by atoms with Crippen LogP contribution in [-0.4, -0.2) is 12.4 Å². The summed E-state index contributed by atoms with van der Waals surface area (Å²) in [6, 6.07) is 12.6. The van der Waals surface area contributed by atoms with Crippen molar-refractivity contribution in [1.82, 2.24) is 0 Å². The van der Waals surface area contributed by atoms with Gasteiger partial charge in [-0.3, -0.25) is 0 Å². The van der Waals surface area contributed by atoms with E-state index in [9.17, 15) is 13.2 Å². The molecule has 1 fully saturated rings. The first-order valence-corrected chi connectivity index (χ1v) is 9.36. The predicted molar refractivity (Wildman–Crippen MR) is 104 cm³/mol. The largest absolute Gasteiger partial charge is 0.492 e. The highest BCUT2D eigenvalue weighted by molar-refractivity contribution is 7.80. The van der Waals surface area contributed by atoms with E-state index in [2.05, 4.69) is 24.5 Å². The van der Waals surface area contributed by atoms with Crippen molar-refractivity contribution in [2.45, 2.75) is 25.4 Å². The van der Waals surface area contributed by atoms with E-state index >= 15 is 0 Å². The van der Waals surface area contributed by atoms with Crippen molar-refractivity contribution in [3.05, 3.63) is 76.4 Å². The molecule has 3 rings (SSSR count). The van der Waals surface area contributed by atoms with E-state index in [-0.39, 0.29) is 0 Å². The zero-order chi connectivity index (χ0) is 19.3. The minimum absolute atomic E-state index is 0.543. The van der Waals surface area contributed by atoms with Gasteiger partial charge in [-0.2, -0.15) is 25.8 Å². The standard InChI is InChI=1S/C22H19F3OS/c23-22(24,25)20-12-8-17(9-13-20)5-4-16-6-10-19(11-7-16)21(26-14-15-27)18-2-1-3-18/h6-13,27H,1-3,14-15H2. The summed E-state index contributed by atoms with van der Waals surface area (Å²) in [5, 5.41) is 0. The number of allylic oxidation sites excluding steroid dienone is 1. The Hall–Kier alpha value is -2.32. The highest BCUT2D eigenvalue weighted by Crippen LogP contribution is 2.34. The molecule has 140 valence electrons. The van der Waals surface area contributed by atoms with E-state index in [4.69, 9.17) is 4.74 Å². The quantitative estimate of drug-likeness (QED) is 0.387. The molecule has 0 aromatic heterocycles. The van der Waals surface area contributed by atoms with Gasteiger partial charge in [0.25, 0.3) is 0 Å². The molecular weight excluding hydrogens is 369 g/mol. The monoisotopic (exact) mass is 388 g/mol. The Morgan fingerprint density at radius 3 is 1.93 bits per heavy atom. The first-order chi connectivity index (χ1) is 13.0. The van der Waals surface area contributed by atoms with Crippen molar-refractivity contribution in [3.63, 3.8) is 0 Å². The van der Waals surface area contributed by atoms with Gasteiger partial charge in [0.1, 0.15) is 5.76 Å². The molecule has 0 unspecified atom stereocenters. The second-order valence-electron chi connectivity index (χ2n) is 6.26. The summed E-state index contributed by atoms with van der Waals surface area (Å²) in [6.45, 7) is 0.567. The lowest BCUT2D eigenvalue weighted by molar-refractivity contribution is -0.137. The van der Waals surface area contributed by atoms with Gasteiger partial charge in [-0.25, -0.2) is 0 Å². The highest BCUT2D eigenvalue weighted by atomic mass is 32.1. The van der Waals surface area contributed by atoms with Crippen LogP contribution >= 0.6 is 12.6 Å². The summed E-state index contributed by atoms with van der Waals surface area (Å²) in [5.74, 6) is 7.48. The van der Waals surface area contributed by atoms with E-state index in [1.807, 2.05) is 24.3 Å². The summed E-state index contributed by atoms with van der Waals surface area (Å²) in [4.78, 5) is 0. The molecule has 0 amide bonds. The number of alkyl halides is 3. The lowest BCUT2D eigenvalue weighted by Gasteiger charge is -2.22. The van der Waals surface area contributed by atoms with Crippen molar-refractivity contribution in [2.75, 3.05) is 12.4 Å². The highest BCUT2D eigenvalue weighted by Gasteiger charge is 2.29. The molecule has 1 nitrogen and oxygen atoms in total. The molecule has 1 aliphatic rings. The van der Waals surface area contributed by atoms with Gasteiger partial charge in [-0.1, -0.05) is 24.0 Å². The maximum Gasteiger partial charge on any atom is 0.416 e. The Morgan fingerprint density at radius 2 is 1.48 bits per heavy atom. The van der Waals surface area contributed by atoms with Crippen LogP contribution in [0.3, 0.4) is 0 Å². The molecule has 1 aliphatic carbocycles. The number of hydrogen-bond donors (Lipinski definition) is 1. The molecule has 0 radical (unpaired) electrons. The maximum absolute atomic E-state index is 12.6. The summed E-state index contributed by atoms with van der Waals surface area (Å²) in [5.41, 5.74) is 3.02. The third kappa shape index (κ3) is 5.11. The second-order valence-corrected chi connectivity index (χ2v) is 6.71. The Balaban J connectivity index is 1.74. The number of rotatable bonds is 4. The zero-order valence-corrected chi connectivity index (χ0v) is 15.5. The van der Waals surface area contributed by atoms with Crippen molar-refractivity contribution in [2.24, 2.45) is 0 Å². The van der Waals surface area contributed by atoms with E-state index < -0.39 is 11.7 Å². The molecule has 2 aromatic carbocycles. The van der Waals surface area contributed by atoms with Crippen molar-refractivity contribution in [3.8, 4) is 11.8 Å². The average Bonchev–Trinajstić information content (AvgIpc) is 2.62. The molecule has 27 heavy (non-hydrogen) atoms. The van der Waals surface area contributed by atoms with Gasteiger partial charge in [0.15, 0.2) is 0 Å². The van der Waals surface area contributed by atoms with Crippen LogP contribution in [0.25, 0.3) is 5.76 Å². The second kappa shape index (κ2) is 8.58. The third-order valence-corrected chi connectivity index (χ3v) is 4.51. The van der Waals surface area contributed by atoms with Crippen LogP contribution in [0, 0.1) is 11.8 Å². The molecule has 2 aromatic rings.